The highest BCUT2D eigenvalue weighted by molar-refractivity contribution is 8.93. The maximum Gasteiger partial charge on any atom is 0.269 e. The largest absolute Gasteiger partial charge is 0.497 e. The number of hydrogen-bond acceptors (Lipinski definition) is 7. The maximum absolute atomic E-state index is 12.8. The molecule has 3 rings (SSSR count). The second-order valence-corrected chi connectivity index (χ2v) is 6.94. The lowest BCUT2D eigenvalue weighted by Gasteiger charge is -2.27. The van der Waals surface area contributed by atoms with Gasteiger partial charge in [-0.3, -0.25) is 19.9 Å². The van der Waals surface area contributed by atoms with E-state index in [1.165, 1.54) is 12.1 Å². The van der Waals surface area contributed by atoms with Gasteiger partial charge >= 0.3 is 0 Å². The van der Waals surface area contributed by atoms with Gasteiger partial charge in [0.15, 0.2) is 11.0 Å². The number of halogens is 1. The van der Waals surface area contributed by atoms with E-state index in [1.807, 2.05) is 4.90 Å². The number of nitro groups is 1. The molecule has 28 heavy (non-hydrogen) atoms. The Morgan fingerprint density at radius 1 is 1.21 bits per heavy atom. The van der Waals surface area contributed by atoms with Crippen LogP contribution in [0.15, 0.2) is 53.5 Å². The first-order valence-electron chi connectivity index (χ1n) is 8.45. The Balaban J connectivity index is 0.00000280. The summed E-state index contributed by atoms with van der Waals surface area (Å²) in [6.45, 7) is 0.818. The number of nitrogens with zero attached hydrogens (tertiary/aromatic N) is 3. The SMILES string of the molecule is Br.COc1ccc(C(=O)CN(C2=NCCCS2)c2ccc([N+](=O)[O-])cc2)cc1. The predicted octanol–water partition coefficient (Wildman–Crippen LogP) is 4.36. The zero-order valence-electron chi connectivity index (χ0n) is 15.2. The van der Waals surface area contributed by atoms with E-state index in [1.54, 1.807) is 55.3 Å². The molecule has 0 bridgehead atoms. The summed E-state index contributed by atoms with van der Waals surface area (Å²) in [5, 5.41) is 11.7. The normalized spacial score (nSPS) is 13.1. The number of ether oxygens (including phenoxy) is 1. The van der Waals surface area contributed by atoms with Crippen molar-refractivity contribution in [1.29, 1.82) is 0 Å². The molecule has 2 aromatic carbocycles. The standard InChI is InChI=1S/C19H19N3O4S.BrH/c1-26-17-9-3-14(4-10-17)18(23)13-21(19-20-11-2-12-27-19)15-5-7-16(8-6-15)22(24)25;/h3-10H,2,11-13H2,1H3;1H. The smallest absolute Gasteiger partial charge is 0.269 e. The van der Waals surface area contributed by atoms with Crippen LogP contribution >= 0.6 is 28.7 Å². The minimum Gasteiger partial charge on any atom is -0.497 e. The quantitative estimate of drug-likeness (QED) is 0.357. The third-order valence-corrected chi connectivity index (χ3v) is 5.20. The van der Waals surface area contributed by atoms with Crippen molar-refractivity contribution < 1.29 is 14.5 Å². The van der Waals surface area contributed by atoms with Crippen molar-refractivity contribution in [1.82, 2.24) is 0 Å². The van der Waals surface area contributed by atoms with Crippen LogP contribution in [0, 0.1) is 10.1 Å². The van der Waals surface area contributed by atoms with Crippen LogP contribution in [-0.2, 0) is 0 Å². The van der Waals surface area contributed by atoms with Gasteiger partial charge in [0.2, 0.25) is 0 Å². The van der Waals surface area contributed by atoms with Crippen molar-refractivity contribution >= 4 is 51.1 Å². The highest BCUT2D eigenvalue weighted by atomic mass is 79.9. The van der Waals surface area contributed by atoms with Crippen molar-refractivity contribution in [3.8, 4) is 5.75 Å². The Bertz CT molecular complexity index is 856. The van der Waals surface area contributed by atoms with Crippen LogP contribution in [0.2, 0.25) is 0 Å². The fraction of sp³-hybridized carbons (Fsp3) is 0.263. The number of carbonyl (C=O) groups is 1. The molecule has 0 saturated carbocycles. The van der Waals surface area contributed by atoms with Crippen LogP contribution in [-0.4, -0.2) is 41.8 Å². The topological polar surface area (TPSA) is 85.0 Å². The van der Waals surface area contributed by atoms with Crippen molar-refractivity contribution in [2.24, 2.45) is 4.99 Å². The lowest BCUT2D eigenvalue weighted by molar-refractivity contribution is -0.384. The molecule has 0 aliphatic carbocycles. The van der Waals surface area contributed by atoms with E-state index in [9.17, 15) is 14.9 Å². The van der Waals surface area contributed by atoms with Gasteiger partial charge in [-0.15, -0.1) is 17.0 Å². The average Bonchev–Trinajstić information content (AvgIpc) is 2.72. The molecule has 2 aromatic rings. The number of thioether (sulfide) groups is 1. The summed E-state index contributed by atoms with van der Waals surface area (Å²) < 4.78 is 5.13. The molecule has 148 valence electrons. The Kier molecular flexibility index (Phi) is 8.01. The maximum atomic E-state index is 12.8. The Hall–Kier alpha value is -2.39. The molecule has 9 heteroatoms. The number of rotatable bonds is 6. The first-order valence-corrected chi connectivity index (χ1v) is 9.43. The number of aliphatic imine (C=N–C) groups is 1. The summed E-state index contributed by atoms with van der Waals surface area (Å²) in [5.74, 6) is 1.55. The number of amidine groups is 1. The van der Waals surface area contributed by atoms with Gasteiger partial charge in [0.25, 0.3) is 5.69 Å². The summed E-state index contributed by atoms with van der Waals surface area (Å²) in [4.78, 5) is 29.6. The Morgan fingerprint density at radius 2 is 1.89 bits per heavy atom. The molecular formula is C19H20BrN3O4S. The second kappa shape index (κ2) is 10.2. The monoisotopic (exact) mass is 465 g/mol. The van der Waals surface area contributed by atoms with E-state index in [-0.39, 0.29) is 35.0 Å². The van der Waals surface area contributed by atoms with Gasteiger partial charge in [-0.05, 0) is 42.8 Å². The summed E-state index contributed by atoms with van der Waals surface area (Å²) in [7, 11) is 1.57. The number of anilines is 1. The molecular weight excluding hydrogens is 446 g/mol. The second-order valence-electron chi connectivity index (χ2n) is 5.88. The summed E-state index contributed by atoms with van der Waals surface area (Å²) in [6, 6.07) is 13.1. The van der Waals surface area contributed by atoms with Crippen molar-refractivity contribution in [3.05, 3.63) is 64.2 Å². The van der Waals surface area contributed by atoms with E-state index in [4.69, 9.17) is 4.74 Å². The molecule has 0 amide bonds. The van der Waals surface area contributed by atoms with Crippen molar-refractivity contribution in [2.75, 3.05) is 30.9 Å². The lowest BCUT2D eigenvalue weighted by atomic mass is 10.1. The highest BCUT2D eigenvalue weighted by Gasteiger charge is 2.21. The van der Waals surface area contributed by atoms with E-state index in [2.05, 4.69) is 4.99 Å². The Morgan fingerprint density at radius 3 is 2.43 bits per heavy atom. The molecule has 0 atom stereocenters. The number of non-ortho nitro benzene ring substituents is 1. The van der Waals surface area contributed by atoms with Gasteiger partial charge in [0, 0.05) is 35.7 Å². The third-order valence-electron chi connectivity index (χ3n) is 4.10. The molecule has 1 aliphatic heterocycles. The molecule has 0 fully saturated rings. The summed E-state index contributed by atoms with van der Waals surface area (Å²) in [5.41, 5.74) is 1.29. The number of Topliss-reactive ketones (excluding diaryl/α,β-unsaturated/α-hetero) is 1. The number of hydrogen-bond donors (Lipinski definition) is 0. The zero-order chi connectivity index (χ0) is 19.2. The molecule has 0 radical (unpaired) electrons. The van der Waals surface area contributed by atoms with Crippen molar-refractivity contribution in [2.45, 2.75) is 6.42 Å². The molecule has 7 nitrogen and oxygen atoms in total. The number of methoxy groups -OCH3 is 1. The van der Waals surface area contributed by atoms with Crippen LogP contribution in [0.5, 0.6) is 5.75 Å². The molecule has 0 N–H and O–H groups in total. The molecule has 0 spiro atoms. The third kappa shape index (κ3) is 5.32. The number of carbonyl (C=O) groups excluding carboxylic acids is 1. The van der Waals surface area contributed by atoms with Gasteiger partial charge in [-0.2, -0.15) is 0 Å². The first kappa shape index (κ1) is 21.9. The van der Waals surface area contributed by atoms with Gasteiger partial charge in [-0.1, -0.05) is 11.8 Å². The zero-order valence-corrected chi connectivity index (χ0v) is 17.8. The van der Waals surface area contributed by atoms with E-state index >= 15 is 0 Å². The summed E-state index contributed by atoms with van der Waals surface area (Å²) >= 11 is 1.59. The number of benzene rings is 2. The van der Waals surface area contributed by atoms with Crippen LogP contribution in [0.3, 0.4) is 0 Å². The fourth-order valence-corrected chi connectivity index (χ4v) is 3.61. The average molecular weight is 466 g/mol. The summed E-state index contributed by atoms with van der Waals surface area (Å²) in [6.07, 6.45) is 0.995. The number of ketones is 1. The van der Waals surface area contributed by atoms with Crippen LogP contribution < -0.4 is 9.64 Å². The van der Waals surface area contributed by atoms with E-state index in [0.717, 1.165) is 17.3 Å². The molecule has 0 unspecified atom stereocenters. The first-order chi connectivity index (χ1) is 13.1. The van der Waals surface area contributed by atoms with Crippen LogP contribution in [0.1, 0.15) is 16.8 Å². The minimum absolute atomic E-state index is 0. The molecule has 0 aromatic heterocycles. The minimum atomic E-state index is -0.441. The number of nitro benzene ring substituents is 1. The molecule has 1 aliphatic rings. The fourth-order valence-electron chi connectivity index (χ4n) is 2.65. The van der Waals surface area contributed by atoms with Gasteiger partial charge in [0.1, 0.15) is 5.75 Å². The van der Waals surface area contributed by atoms with Gasteiger partial charge < -0.3 is 9.64 Å². The van der Waals surface area contributed by atoms with Gasteiger partial charge in [0.05, 0.1) is 18.6 Å². The van der Waals surface area contributed by atoms with Crippen molar-refractivity contribution in [3.63, 3.8) is 0 Å². The van der Waals surface area contributed by atoms with Gasteiger partial charge in [-0.25, -0.2) is 0 Å². The molecule has 1 heterocycles. The lowest BCUT2D eigenvalue weighted by Crippen LogP contribution is -2.35. The van der Waals surface area contributed by atoms with E-state index in [0.29, 0.717) is 23.5 Å². The van der Waals surface area contributed by atoms with E-state index < -0.39 is 4.92 Å². The Labute approximate surface area is 177 Å². The molecule has 0 saturated heterocycles. The van der Waals surface area contributed by atoms with Crippen LogP contribution in [0.25, 0.3) is 0 Å². The predicted molar refractivity (Wildman–Crippen MR) is 117 cm³/mol. The van der Waals surface area contributed by atoms with Crippen LogP contribution in [0.4, 0.5) is 11.4 Å². The highest BCUT2D eigenvalue weighted by Crippen LogP contribution is 2.25.